The van der Waals surface area contributed by atoms with Crippen molar-refractivity contribution in [3.63, 3.8) is 0 Å². The molecule has 3 nitrogen and oxygen atoms in total. The molecule has 4 heteroatoms. The summed E-state index contributed by atoms with van der Waals surface area (Å²) in [7, 11) is 0. The van der Waals surface area contributed by atoms with Crippen molar-refractivity contribution in [1.29, 1.82) is 0 Å². The number of fused-ring (bicyclic) bond motifs is 1. The number of hydrogen-bond acceptors (Lipinski definition) is 2. The van der Waals surface area contributed by atoms with Crippen LogP contribution in [-0.2, 0) is 0 Å². The molecule has 16 heavy (non-hydrogen) atoms. The van der Waals surface area contributed by atoms with Crippen LogP contribution >= 0.6 is 11.6 Å². The highest BCUT2D eigenvalue weighted by Crippen LogP contribution is 2.25. The Morgan fingerprint density at radius 1 is 1.12 bits per heavy atom. The Labute approximate surface area is 97.3 Å². The lowest BCUT2D eigenvalue weighted by molar-refractivity contribution is 1.11. The molecule has 0 aliphatic carbocycles. The van der Waals surface area contributed by atoms with Crippen LogP contribution in [0, 0.1) is 6.07 Å². The molecule has 1 aromatic carbocycles. The first kappa shape index (κ1) is 9.36. The molecule has 3 rings (SSSR count). The number of nitrogens with zero attached hydrogens (tertiary/aromatic N) is 3. The third-order valence-electron chi connectivity index (χ3n) is 2.37. The van der Waals surface area contributed by atoms with E-state index in [0.717, 1.165) is 17.0 Å². The summed E-state index contributed by atoms with van der Waals surface area (Å²) in [6.07, 6.45) is 1.80. The zero-order chi connectivity index (χ0) is 11.0. The van der Waals surface area contributed by atoms with Gasteiger partial charge in [-0.1, -0.05) is 23.7 Å². The van der Waals surface area contributed by atoms with Crippen molar-refractivity contribution in [2.24, 2.45) is 0 Å². The molecule has 3 aromatic rings. The standard InChI is InChI=1S/C12H7ClN3/c13-10-6-2-1-5-9(10)12-15-14-11-7-3-4-8-16(11)12/h1-3,5-8H. The van der Waals surface area contributed by atoms with E-state index in [1.165, 1.54) is 0 Å². The molecule has 0 saturated carbocycles. The molecule has 2 aromatic heterocycles. The molecular weight excluding hydrogens is 222 g/mol. The SMILES string of the molecule is Clc1ccccc1-c1nnc2cc[c]cn12. The molecule has 0 bridgehead atoms. The molecule has 0 spiro atoms. The fourth-order valence-electron chi connectivity index (χ4n) is 1.61. The highest BCUT2D eigenvalue weighted by atomic mass is 35.5. The maximum atomic E-state index is 6.12. The van der Waals surface area contributed by atoms with Gasteiger partial charge in [0.15, 0.2) is 11.5 Å². The monoisotopic (exact) mass is 228 g/mol. The van der Waals surface area contributed by atoms with Crippen LogP contribution in [0.1, 0.15) is 0 Å². The van der Waals surface area contributed by atoms with Crippen molar-refractivity contribution in [3.05, 3.63) is 53.7 Å². The maximum Gasteiger partial charge on any atom is 0.169 e. The number of rotatable bonds is 1. The summed E-state index contributed by atoms with van der Waals surface area (Å²) in [5.41, 5.74) is 1.66. The predicted octanol–water partition coefficient (Wildman–Crippen LogP) is 2.85. The second-order valence-electron chi connectivity index (χ2n) is 3.36. The van der Waals surface area contributed by atoms with Gasteiger partial charge in [-0.05, 0) is 24.3 Å². The first-order chi connectivity index (χ1) is 7.86. The maximum absolute atomic E-state index is 6.12. The van der Waals surface area contributed by atoms with Crippen LogP contribution in [0.2, 0.25) is 5.02 Å². The minimum Gasteiger partial charge on any atom is -0.282 e. The van der Waals surface area contributed by atoms with Gasteiger partial charge in [-0.3, -0.25) is 4.40 Å². The average molecular weight is 229 g/mol. The number of hydrogen-bond donors (Lipinski definition) is 0. The van der Waals surface area contributed by atoms with Gasteiger partial charge >= 0.3 is 0 Å². The predicted molar refractivity (Wildman–Crippen MR) is 62.3 cm³/mol. The van der Waals surface area contributed by atoms with E-state index < -0.39 is 0 Å². The number of aromatic nitrogens is 3. The normalized spacial score (nSPS) is 10.8. The number of benzene rings is 1. The van der Waals surface area contributed by atoms with E-state index in [0.29, 0.717) is 5.02 Å². The molecule has 0 N–H and O–H groups in total. The molecule has 0 aliphatic rings. The van der Waals surface area contributed by atoms with Crippen LogP contribution in [0.15, 0.2) is 42.6 Å². The van der Waals surface area contributed by atoms with Gasteiger partial charge in [0.25, 0.3) is 0 Å². The van der Waals surface area contributed by atoms with Gasteiger partial charge in [-0.25, -0.2) is 0 Å². The molecule has 1 radical (unpaired) electrons. The van der Waals surface area contributed by atoms with E-state index in [1.54, 1.807) is 12.3 Å². The van der Waals surface area contributed by atoms with Gasteiger partial charge in [0.1, 0.15) is 0 Å². The van der Waals surface area contributed by atoms with Gasteiger partial charge in [0, 0.05) is 17.8 Å². The van der Waals surface area contributed by atoms with E-state index in [-0.39, 0.29) is 0 Å². The van der Waals surface area contributed by atoms with E-state index in [9.17, 15) is 0 Å². The van der Waals surface area contributed by atoms with Gasteiger partial charge < -0.3 is 0 Å². The highest BCUT2D eigenvalue weighted by molar-refractivity contribution is 6.33. The minimum absolute atomic E-state index is 0.667. The molecule has 0 aliphatic heterocycles. The summed E-state index contributed by atoms with van der Waals surface area (Å²) < 4.78 is 1.86. The van der Waals surface area contributed by atoms with Crippen molar-refractivity contribution in [2.45, 2.75) is 0 Å². The fourth-order valence-corrected chi connectivity index (χ4v) is 1.83. The molecular formula is C12H7ClN3. The molecule has 77 valence electrons. The second kappa shape index (κ2) is 3.61. The molecule has 0 unspecified atom stereocenters. The lowest BCUT2D eigenvalue weighted by atomic mass is 10.2. The number of pyridine rings is 1. The molecule has 0 fully saturated rings. The zero-order valence-electron chi connectivity index (χ0n) is 8.26. The topological polar surface area (TPSA) is 30.2 Å². The van der Waals surface area contributed by atoms with Gasteiger partial charge in [-0.15, -0.1) is 10.2 Å². The summed E-state index contributed by atoms with van der Waals surface area (Å²) in [5.74, 6) is 0.734. The smallest absolute Gasteiger partial charge is 0.169 e. The van der Waals surface area contributed by atoms with Crippen molar-refractivity contribution in [1.82, 2.24) is 14.6 Å². The first-order valence-corrected chi connectivity index (χ1v) is 5.20. The van der Waals surface area contributed by atoms with E-state index in [1.807, 2.05) is 34.7 Å². The third kappa shape index (κ3) is 1.37. The quantitative estimate of drug-likeness (QED) is 0.641. The number of halogens is 1. The zero-order valence-corrected chi connectivity index (χ0v) is 9.02. The fraction of sp³-hybridized carbons (Fsp3) is 0. The Morgan fingerprint density at radius 2 is 2.00 bits per heavy atom. The Bertz CT molecular complexity index is 645. The Balaban J connectivity index is 2.31. The highest BCUT2D eigenvalue weighted by Gasteiger charge is 2.09. The van der Waals surface area contributed by atoms with Crippen molar-refractivity contribution >= 4 is 17.2 Å². The molecule has 0 saturated heterocycles. The van der Waals surface area contributed by atoms with Gasteiger partial charge in [0.05, 0.1) is 5.02 Å². The van der Waals surface area contributed by atoms with Crippen LogP contribution in [-0.4, -0.2) is 14.6 Å². The summed E-state index contributed by atoms with van der Waals surface area (Å²) >= 11 is 6.12. The average Bonchev–Trinajstić information content (AvgIpc) is 2.74. The first-order valence-electron chi connectivity index (χ1n) is 4.82. The van der Waals surface area contributed by atoms with E-state index in [4.69, 9.17) is 11.6 Å². The van der Waals surface area contributed by atoms with Crippen LogP contribution < -0.4 is 0 Å². The Kier molecular flexibility index (Phi) is 2.11. The Hall–Kier alpha value is -1.87. The van der Waals surface area contributed by atoms with Crippen molar-refractivity contribution in [3.8, 4) is 11.4 Å². The van der Waals surface area contributed by atoms with E-state index in [2.05, 4.69) is 16.3 Å². The van der Waals surface area contributed by atoms with Crippen LogP contribution in [0.3, 0.4) is 0 Å². The molecule has 0 amide bonds. The largest absolute Gasteiger partial charge is 0.282 e. The lowest BCUT2D eigenvalue weighted by Gasteiger charge is -2.01. The van der Waals surface area contributed by atoms with Crippen LogP contribution in [0.25, 0.3) is 17.0 Å². The van der Waals surface area contributed by atoms with Crippen molar-refractivity contribution in [2.75, 3.05) is 0 Å². The van der Waals surface area contributed by atoms with Gasteiger partial charge in [-0.2, -0.15) is 0 Å². The third-order valence-corrected chi connectivity index (χ3v) is 2.70. The van der Waals surface area contributed by atoms with Gasteiger partial charge in [0.2, 0.25) is 0 Å². The van der Waals surface area contributed by atoms with Crippen LogP contribution in [0.5, 0.6) is 0 Å². The summed E-state index contributed by atoms with van der Waals surface area (Å²) in [6.45, 7) is 0. The van der Waals surface area contributed by atoms with Crippen LogP contribution in [0.4, 0.5) is 0 Å². The molecule has 2 heterocycles. The van der Waals surface area contributed by atoms with Crippen molar-refractivity contribution < 1.29 is 0 Å². The Morgan fingerprint density at radius 3 is 2.88 bits per heavy atom. The van der Waals surface area contributed by atoms with E-state index >= 15 is 0 Å². The second-order valence-corrected chi connectivity index (χ2v) is 3.77. The lowest BCUT2D eigenvalue weighted by Crippen LogP contribution is -1.89. The summed E-state index contributed by atoms with van der Waals surface area (Å²) in [5, 5.41) is 8.87. The molecule has 0 atom stereocenters. The minimum atomic E-state index is 0.667. The summed E-state index contributed by atoms with van der Waals surface area (Å²) in [4.78, 5) is 0. The summed E-state index contributed by atoms with van der Waals surface area (Å²) in [6, 6.07) is 14.2.